The first-order valence-corrected chi connectivity index (χ1v) is 7.41. The number of aromatic amines is 1. The van der Waals surface area contributed by atoms with Crippen LogP contribution in [0.4, 0.5) is 0 Å². The normalized spacial score (nSPS) is 18.0. The highest BCUT2D eigenvalue weighted by atomic mass is 32.1. The Hall–Kier alpha value is -1.50. The van der Waals surface area contributed by atoms with E-state index in [4.69, 9.17) is 21.7 Å². The van der Waals surface area contributed by atoms with E-state index in [-0.39, 0.29) is 11.2 Å². The fourth-order valence-electron chi connectivity index (χ4n) is 2.80. The number of para-hydroxylation sites is 1. The van der Waals surface area contributed by atoms with Crippen molar-refractivity contribution < 1.29 is 9.47 Å². The van der Waals surface area contributed by atoms with E-state index in [2.05, 4.69) is 4.98 Å². The van der Waals surface area contributed by atoms with Crippen molar-refractivity contribution in [3.8, 4) is 0 Å². The highest BCUT2D eigenvalue weighted by molar-refractivity contribution is 7.71. The van der Waals surface area contributed by atoms with Crippen molar-refractivity contribution in [3.63, 3.8) is 0 Å². The largest absolute Gasteiger partial charge is 0.381 e. The summed E-state index contributed by atoms with van der Waals surface area (Å²) in [4.78, 5) is 15.8. The molecular formula is C15H18N2O3S. The summed E-state index contributed by atoms with van der Waals surface area (Å²) in [6, 6.07) is 7.40. The van der Waals surface area contributed by atoms with Gasteiger partial charge in [0.05, 0.1) is 23.0 Å². The molecule has 21 heavy (non-hydrogen) atoms. The quantitative estimate of drug-likeness (QED) is 0.884. The molecule has 0 unspecified atom stereocenters. The second-order valence-electron chi connectivity index (χ2n) is 5.37. The Morgan fingerprint density at radius 1 is 1.38 bits per heavy atom. The SMILES string of the molecule is COC1(Cn2c(=S)[nH]c3ccccc3c2=O)CCOCC1. The van der Waals surface area contributed by atoms with Gasteiger partial charge in [-0.15, -0.1) is 0 Å². The van der Waals surface area contributed by atoms with E-state index in [0.29, 0.717) is 29.9 Å². The van der Waals surface area contributed by atoms with Crippen molar-refractivity contribution in [2.24, 2.45) is 0 Å². The van der Waals surface area contributed by atoms with Gasteiger partial charge >= 0.3 is 0 Å². The number of hydrogen-bond donors (Lipinski definition) is 1. The molecule has 5 nitrogen and oxygen atoms in total. The third-order valence-electron chi connectivity index (χ3n) is 4.17. The molecule has 112 valence electrons. The lowest BCUT2D eigenvalue weighted by molar-refractivity contribution is -0.0992. The Balaban J connectivity index is 2.08. The average molecular weight is 306 g/mol. The molecule has 0 spiro atoms. The second kappa shape index (κ2) is 5.71. The summed E-state index contributed by atoms with van der Waals surface area (Å²) >= 11 is 5.35. The zero-order chi connectivity index (χ0) is 14.9. The first-order chi connectivity index (χ1) is 10.2. The van der Waals surface area contributed by atoms with Crippen LogP contribution < -0.4 is 5.56 Å². The van der Waals surface area contributed by atoms with E-state index >= 15 is 0 Å². The van der Waals surface area contributed by atoms with Gasteiger partial charge in [-0.2, -0.15) is 0 Å². The Kier molecular flexibility index (Phi) is 3.93. The molecule has 3 rings (SSSR count). The van der Waals surface area contributed by atoms with Crippen LogP contribution in [-0.2, 0) is 16.0 Å². The van der Waals surface area contributed by atoms with Gasteiger partial charge in [0.1, 0.15) is 0 Å². The van der Waals surface area contributed by atoms with Crippen LogP contribution in [-0.4, -0.2) is 35.5 Å². The molecule has 6 heteroatoms. The third kappa shape index (κ3) is 2.66. The van der Waals surface area contributed by atoms with Gasteiger partial charge in [0.15, 0.2) is 4.77 Å². The van der Waals surface area contributed by atoms with Crippen LogP contribution in [0.3, 0.4) is 0 Å². The molecule has 1 aliphatic rings. The van der Waals surface area contributed by atoms with E-state index in [1.165, 1.54) is 0 Å². The maximum Gasteiger partial charge on any atom is 0.262 e. The lowest BCUT2D eigenvalue weighted by atomic mass is 9.94. The van der Waals surface area contributed by atoms with Crippen molar-refractivity contribution in [2.45, 2.75) is 25.0 Å². The van der Waals surface area contributed by atoms with Crippen molar-refractivity contribution >= 4 is 23.1 Å². The van der Waals surface area contributed by atoms with Gasteiger partial charge in [0, 0.05) is 33.2 Å². The van der Waals surface area contributed by atoms with Crippen LogP contribution in [0.25, 0.3) is 10.9 Å². The molecule has 1 aromatic carbocycles. The highest BCUT2D eigenvalue weighted by Gasteiger charge is 2.33. The molecule has 0 aliphatic carbocycles. The van der Waals surface area contributed by atoms with Gasteiger partial charge < -0.3 is 14.5 Å². The van der Waals surface area contributed by atoms with Crippen molar-refractivity contribution in [1.82, 2.24) is 9.55 Å². The van der Waals surface area contributed by atoms with Crippen LogP contribution in [0.2, 0.25) is 0 Å². The number of nitrogens with zero attached hydrogens (tertiary/aromatic N) is 1. The van der Waals surface area contributed by atoms with Crippen LogP contribution in [0.1, 0.15) is 12.8 Å². The summed E-state index contributed by atoms with van der Waals surface area (Å²) in [5, 5.41) is 0.643. The van der Waals surface area contributed by atoms with E-state index in [1.807, 2.05) is 24.3 Å². The summed E-state index contributed by atoms with van der Waals surface area (Å²) in [6.45, 7) is 1.74. The van der Waals surface area contributed by atoms with E-state index in [9.17, 15) is 4.79 Å². The first-order valence-electron chi connectivity index (χ1n) is 7.00. The van der Waals surface area contributed by atoms with Crippen molar-refractivity contribution in [3.05, 3.63) is 39.4 Å². The molecule has 1 fully saturated rings. The number of hydrogen-bond acceptors (Lipinski definition) is 4. The van der Waals surface area contributed by atoms with Crippen LogP contribution in [0.5, 0.6) is 0 Å². The summed E-state index contributed by atoms with van der Waals surface area (Å²) in [5.74, 6) is 0. The monoisotopic (exact) mass is 306 g/mol. The molecule has 2 heterocycles. The molecule has 0 atom stereocenters. The number of H-pyrrole nitrogens is 1. The average Bonchev–Trinajstić information content (AvgIpc) is 2.52. The second-order valence-corrected chi connectivity index (χ2v) is 5.75. The topological polar surface area (TPSA) is 56.2 Å². The molecular weight excluding hydrogens is 288 g/mol. The van der Waals surface area contributed by atoms with Crippen molar-refractivity contribution in [1.29, 1.82) is 0 Å². The van der Waals surface area contributed by atoms with Gasteiger partial charge in [-0.05, 0) is 24.4 Å². The maximum atomic E-state index is 12.7. The summed E-state index contributed by atoms with van der Waals surface area (Å²) in [7, 11) is 1.68. The molecule has 1 N–H and O–H groups in total. The van der Waals surface area contributed by atoms with E-state index in [1.54, 1.807) is 11.7 Å². The lowest BCUT2D eigenvalue weighted by Crippen LogP contribution is -2.44. The predicted octanol–water partition coefficient (Wildman–Crippen LogP) is 2.25. The summed E-state index contributed by atoms with van der Waals surface area (Å²) < 4.78 is 13.1. The van der Waals surface area contributed by atoms with Gasteiger partial charge in [-0.3, -0.25) is 9.36 Å². The fourth-order valence-corrected chi connectivity index (χ4v) is 3.06. The van der Waals surface area contributed by atoms with Crippen molar-refractivity contribution in [2.75, 3.05) is 20.3 Å². The molecule has 2 aromatic rings. The van der Waals surface area contributed by atoms with Gasteiger partial charge in [0.25, 0.3) is 5.56 Å². The number of nitrogens with one attached hydrogen (secondary N) is 1. The smallest absolute Gasteiger partial charge is 0.262 e. The van der Waals surface area contributed by atoms with Gasteiger partial charge in [0.2, 0.25) is 0 Å². The Morgan fingerprint density at radius 2 is 2.10 bits per heavy atom. The number of fused-ring (bicyclic) bond motifs is 1. The maximum absolute atomic E-state index is 12.7. The molecule has 0 saturated carbocycles. The Labute approximate surface area is 127 Å². The Morgan fingerprint density at radius 3 is 2.81 bits per heavy atom. The minimum absolute atomic E-state index is 0.0720. The Bertz CT molecular complexity index is 759. The minimum Gasteiger partial charge on any atom is -0.381 e. The number of methoxy groups -OCH3 is 1. The molecule has 0 bridgehead atoms. The fraction of sp³-hybridized carbons (Fsp3) is 0.467. The van der Waals surface area contributed by atoms with Gasteiger partial charge in [-0.25, -0.2) is 0 Å². The van der Waals surface area contributed by atoms with Gasteiger partial charge in [-0.1, -0.05) is 12.1 Å². The zero-order valence-corrected chi connectivity index (χ0v) is 12.7. The minimum atomic E-state index is -0.383. The molecule has 0 amide bonds. The number of aromatic nitrogens is 2. The molecule has 0 radical (unpaired) electrons. The zero-order valence-electron chi connectivity index (χ0n) is 11.9. The molecule has 1 aliphatic heterocycles. The predicted molar refractivity (Wildman–Crippen MR) is 83.2 cm³/mol. The highest BCUT2D eigenvalue weighted by Crippen LogP contribution is 2.26. The summed E-state index contributed by atoms with van der Waals surface area (Å²) in [6.07, 6.45) is 1.52. The van der Waals surface area contributed by atoms with E-state index < -0.39 is 0 Å². The standard InChI is InChI=1S/C15H18N2O3S/c1-19-15(6-8-20-9-7-15)10-17-13(18)11-4-2-3-5-12(11)16-14(17)21/h2-5H,6-10H2,1H3,(H,16,21). The molecule has 1 aromatic heterocycles. The van der Waals surface area contributed by atoms with Crippen LogP contribution in [0.15, 0.2) is 29.1 Å². The number of benzene rings is 1. The first kappa shape index (κ1) is 14.4. The van der Waals surface area contributed by atoms with E-state index in [0.717, 1.165) is 18.4 Å². The third-order valence-corrected chi connectivity index (χ3v) is 4.50. The van der Waals surface area contributed by atoms with Crippen LogP contribution >= 0.6 is 12.2 Å². The number of ether oxygens (including phenoxy) is 2. The molecule has 1 saturated heterocycles. The summed E-state index contributed by atoms with van der Waals surface area (Å²) in [5.41, 5.74) is 0.311. The lowest BCUT2D eigenvalue weighted by Gasteiger charge is -2.36. The van der Waals surface area contributed by atoms with Crippen LogP contribution in [0, 0.1) is 4.77 Å². The number of rotatable bonds is 3.